The van der Waals surface area contributed by atoms with Gasteiger partial charge in [-0.15, -0.1) is 5.10 Å². The summed E-state index contributed by atoms with van der Waals surface area (Å²) in [5, 5.41) is 18.4. The standard InChI is InChI=1S/C19H15N5O3/c1-12(25)21-18-10-15-11-20-19(13-5-3-2-4-6-13)16-9-14(24(26)27)7-8-17(16)23(15)22-18/h2-10H,11H2,1H3,(H,21,22,25). The summed E-state index contributed by atoms with van der Waals surface area (Å²) in [6.07, 6.45) is 0. The first-order valence-corrected chi connectivity index (χ1v) is 8.28. The summed E-state index contributed by atoms with van der Waals surface area (Å²) in [6.45, 7) is 1.74. The number of nitrogens with one attached hydrogen (secondary N) is 1. The van der Waals surface area contributed by atoms with E-state index in [1.807, 2.05) is 30.3 Å². The van der Waals surface area contributed by atoms with Crippen molar-refractivity contribution in [3.63, 3.8) is 0 Å². The van der Waals surface area contributed by atoms with Crippen molar-refractivity contribution in [3.05, 3.63) is 81.5 Å². The van der Waals surface area contributed by atoms with Crippen molar-refractivity contribution >= 4 is 23.1 Å². The number of nitrogens with zero attached hydrogens (tertiary/aromatic N) is 4. The van der Waals surface area contributed by atoms with Crippen molar-refractivity contribution in [1.29, 1.82) is 0 Å². The minimum atomic E-state index is -0.430. The molecular weight excluding hydrogens is 346 g/mol. The molecule has 0 spiro atoms. The highest BCUT2D eigenvalue weighted by Gasteiger charge is 2.23. The lowest BCUT2D eigenvalue weighted by Crippen LogP contribution is -2.10. The number of carbonyl (C=O) groups is 1. The summed E-state index contributed by atoms with van der Waals surface area (Å²) in [4.78, 5) is 26.9. The number of nitro groups is 1. The molecule has 0 unspecified atom stereocenters. The molecule has 0 aliphatic carbocycles. The van der Waals surface area contributed by atoms with Gasteiger partial charge in [0.05, 0.1) is 28.6 Å². The number of anilines is 1. The van der Waals surface area contributed by atoms with E-state index < -0.39 is 4.92 Å². The van der Waals surface area contributed by atoms with E-state index in [-0.39, 0.29) is 11.6 Å². The van der Waals surface area contributed by atoms with Crippen molar-refractivity contribution in [2.45, 2.75) is 13.5 Å². The minimum Gasteiger partial charge on any atom is -0.309 e. The number of hydrogen-bond acceptors (Lipinski definition) is 5. The summed E-state index contributed by atoms with van der Waals surface area (Å²) in [6, 6.07) is 15.9. The molecule has 0 atom stereocenters. The molecule has 4 rings (SSSR count). The van der Waals surface area contributed by atoms with Gasteiger partial charge in [0, 0.05) is 36.2 Å². The zero-order chi connectivity index (χ0) is 19.0. The van der Waals surface area contributed by atoms with E-state index in [0.717, 1.165) is 11.3 Å². The lowest BCUT2D eigenvalue weighted by Gasteiger charge is -2.11. The molecule has 1 N–H and O–H groups in total. The van der Waals surface area contributed by atoms with E-state index in [4.69, 9.17) is 0 Å². The van der Waals surface area contributed by atoms with Gasteiger partial charge in [0.15, 0.2) is 5.82 Å². The third-order valence-corrected chi connectivity index (χ3v) is 4.21. The normalized spacial score (nSPS) is 12.4. The fourth-order valence-electron chi connectivity index (χ4n) is 3.08. The molecule has 1 amide bonds. The van der Waals surface area contributed by atoms with Crippen LogP contribution in [0.5, 0.6) is 0 Å². The molecule has 27 heavy (non-hydrogen) atoms. The molecule has 1 aromatic heterocycles. The molecule has 2 heterocycles. The predicted molar refractivity (Wildman–Crippen MR) is 100 cm³/mol. The smallest absolute Gasteiger partial charge is 0.270 e. The van der Waals surface area contributed by atoms with Crippen molar-refractivity contribution < 1.29 is 9.72 Å². The monoisotopic (exact) mass is 361 g/mol. The number of aromatic nitrogens is 2. The molecule has 0 saturated carbocycles. The highest BCUT2D eigenvalue weighted by molar-refractivity contribution is 6.15. The number of non-ortho nitro benzene ring substituents is 1. The molecule has 0 bridgehead atoms. The number of hydrogen-bond donors (Lipinski definition) is 1. The Hall–Kier alpha value is -3.81. The average Bonchev–Trinajstić information content (AvgIpc) is 2.97. The maximum absolute atomic E-state index is 11.3. The first-order chi connectivity index (χ1) is 13.0. The fraction of sp³-hybridized carbons (Fsp3) is 0.105. The van der Waals surface area contributed by atoms with Crippen molar-refractivity contribution in [2.24, 2.45) is 4.99 Å². The van der Waals surface area contributed by atoms with Gasteiger partial charge < -0.3 is 5.32 Å². The molecule has 2 aromatic carbocycles. The first-order valence-electron chi connectivity index (χ1n) is 8.28. The number of aliphatic imine (C=N–C) groups is 1. The molecule has 0 saturated heterocycles. The van der Waals surface area contributed by atoms with Crippen LogP contribution in [0.4, 0.5) is 11.5 Å². The van der Waals surface area contributed by atoms with Gasteiger partial charge in [-0.1, -0.05) is 30.3 Å². The van der Waals surface area contributed by atoms with Crippen LogP contribution in [0.2, 0.25) is 0 Å². The van der Waals surface area contributed by atoms with E-state index in [1.54, 1.807) is 16.8 Å². The minimum absolute atomic E-state index is 0.0185. The second-order valence-corrected chi connectivity index (χ2v) is 6.10. The van der Waals surface area contributed by atoms with Crippen LogP contribution < -0.4 is 5.32 Å². The number of amides is 1. The first kappa shape index (κ1) is 16.6. The third kappa shape index (κ3) is 3.08. The summed E-state index contributed by atoms with van der Waals surface area (Å²) in [5.41, 5.74) is 3.58. The van der Waals surface area contributed by atoms with E-state index >= 15 is 0 Å². The van der Waals surface area contributed by atoms with Crippen LogP contribution in [0.1, 0.15) is 23.7 Å². The van der Waals surface area contributed by atoms with Gasteiger partial charge in [-0.05, 0) is 6.07 Å². The van der Waals surface area contributed by atoms with E-state index in [1.165, 1.54) is 19.1 Å². The Kier molecular flexibility index (Phi) is 4.00. The summed E-state index contributed by atoms with van der Waals surface area (Å²) in [5.74, 6) is 0.195. The summed E-state index contributed by atoms with van der Waals surface area (Å²) < 4.78 is 1.67. The second kappa shape index (κ2) is 6.49. The lowest BCUT2D eigenvalue weighted by molar-refractivity contribution is -0.384. The van der Waals surface area contributed by atoms with E-state index in [0.29, 0.717) is 29.3 Å². The van der Waals surface area contributed by atoms with Crippen LogP contribution in [-0.2, 0) is 11.3 Å². The zero-order valence-electron chi connectivity index (χ0n) is 14.4. The van der Waals surface area contributed by atoms with Crippen LogP contribution in [0.3, 0.4) is 0 Å². The van der Waals surface area contributed by atoms with Crippen molar-refractivity contribution in [2.75, 3.05) is 5.32 Å². The topological polar surface area (TPSA) is 102 Å². The van der Waals surface area contributed by atoms with Gasteiger partial charge in [-0.2, -0.15) is 0 Å². The average molecular weight is 361 g/mol. The van der Waals surface area contributed by atoms with E-state index in [9.17, 15) is 14.9 Å². The number of nitro benzene ring substituents is 1. The molecule has 8 nitrogen and oxygen atoms in total. The zero-order valence-corrected chi connectivity index (χ0v) is 14.4. The number of benzene rings is 2. The Balaban J connectivity index is 1.92. The highest BCUT2D eigenvalue weighted by atomic mass is 16.6. The van der Waals surface area contributed by atoms with Crippen LogP contribution in [0.25, 0.3) is 5.69 Å². The Morgan fingerprint density at radius 3 is 2.67 bits per heavy atom. The quantitative estimate of drug-likeness (QED) is 0.572. The van der Waals surface area contributed by atoms with Crippen molar-refractivity contribution in [3.8, 4) is 5.69 Å². The molecular formula is C19H15N5O3. The fourth-order valence-corrected chi connectivity index (χ4v) is 3.08. The Labute approximate surface area is 154 Å². The Morgan fingerprint density at radius 2 is 1.96 bits per heavy atom. The number of fused-ring (bicyclic) bond motifs is 3. The summed E-state index contributed by atoms with van der Waals surface area (Å²) in [7, 11) is 0. The molecule has 0 fully saturated rings. The highest BCUT2D eigenvalue weighted by Crippen LogP contribution is 2.29. The lowest BCUT2D eigenvalue weighted by atomic mass is 10.00. The van der Waals surface area contributed by atoms with Crippen LogP contribution >= 0.6 is 0 Å². The van der Waals surface area contributed by atoms with Gasteiger partial charge in [-0.3, -0.25) is 19.9 Å². The molecule has 134 valence electrons. The van der Waals surface area contributed by atoms with Gasteiger partial charge in [-0.25, -0.2) is 4.68 Å². The molecule has 3 aromatic rings. The Bertz CT molecular complexity index is 1090. The second-order valence-electron chi connectivity index (χ2n) is 6.10. The van der Waals surface area contributed by atoms with Gasteiger partial charge in [0.2, 0.25) is 5.91 Å². The number of rotatable bonds is 3. The van der Waals surface area contributed by atoms with Gasteiger partial charge >= 0.3 is 0 Å². The largest absolute Gasteiger partial charge is 0.309 e. The predicted octanol–water partition coefficient (Wildman–Crippen LogP) is 3.09. The van der Waals surface area contributed by atoms with Gasteiger partial charge in [0.1, 0.15) is 0 Å². The van der Waals surface area contributed by atoms with E-state index in [2.05, 4.69) is 15.4 Å². The maximum Gasteiger partial charge on any atom is 0.270 e. The maximum atomic E-state index is 11.3. The SMILES string of the molecule is CC(=O)Nc1cc2n(n1)-c1ccc([N+](=O)[O-])cc1C(c1ccccc1)=NC2. The third-order valence-electron chi connectivity index (χ3n) is 4.21. The molecule has 1 aliphatic rings. The molecule has 0 radical (unpaired) electrons. The molecule has 8 heteroatoms. The molecule has 1 aliphatic heterocycles. The van der Waals surface area contributed by atoms with Crippen LogP contribution in [0.15, 0.2) is 59.6 Å². The van der Waals surface area contributed by atoms with Crippen LogP contribution in [-0.4, -0.2) is 26.3 Å². The number of carbonyl (C=O) groups excluding carboxylic acids is 1. The Morgan fingerprint density at radius 1 is 1.19 bits per heavy atom. The summed E-state index contributed by atoms with van der Waals surface area (Å²) >= 11 is 0. The van der Waals surface area contributed by atoms with Gasteiger partial charge in [0.25, 0.3) is 5.69 Å². The van der Waals surface area contributed by atoms with Crippen LogP contribution in [0, 0.1) is 10.1 Å². The van der Waals surface area contributed by atoms with Crippen molar-refractivity contribution in [1.82, 2.24) is 9.78 Å².